The van der Waals surface area contributed by atoms with E-state index in [9.17, 15) is 4.79 Å². The molecule has 0 bridgehead atoms. The molecule has 1 aromatic carbocycles. The van der Waals surface area contributed by atoms with Crippen molar-refractivity contribution in [3.05, 3.63) is 47.1 Å². The Morgan fingerprint density at radius 3 is 2.77 bits per heavy atom. The lowest BCUT2D eigenvalue weighted by Crippen LogP contribution is -2.48. The normalized spacial score (nSPS) is 17.0. The van der Waals surface area contributed by atoms with E-state index in [0.717, 1.165) is 12.5 Å². The third kappa shape index (κ3) is 3.75. The van der Waals surface area contributed by atoms with Crippen LogP contribution in [0.15, 0.2) is 28.8 Å². The van der Waals surface area contributed by atoms with Gasteiger partial charge in [0.15, 0.2) is 5.82 Å². The Bertz CT molecular complexity index is 814. The fourth-order valence-corrected chi connectivity index (χ4v) is 2.90. The number of amides is 1. The Morgan fingerprint density at radius 1 is 1.31 bits per heavy atom. The van der Waals surface area contributed by atoms with Gasteiger partial charge in [0.1, 0.15) is 0 Å². The van der Waals surface area contributed by atoms with Gasteiger partial charge in [-0.1, -0.05) is 5.16 Å². The van der Waals surface area contributed by atoms with Gasteiger partial charge in [-0.2, -0.15) is 10.2 Å². The fraction of sp³-hybridized carbons (Fsp3) is 0.474. The number of carbonyl (C=O) groups excluding carboxylic acids is 1. The smallest absolute Gasteiger partial charge is 0.253 e. The van der Waals surface area contributed by atoms with E-state index < -0.39 is 0 Å². The van der Waals surface area contributed by atoms with Gasteiger partial charge in [0.25, 0.3) is 5.91 Å². The summed E-state index contributed by atoms with van der Waals surface area (Å²) in [6.07, 6.45) is 3.22. The standard InChI is InChI=1S/C19H20N4O3/c20-9-13-3-5-15(6-4-13)19(24)23-10-16(11-23)18-21-17(22-26-18)7-8-25-12-14-1-2-14/h3-6,14,16H,1-2,7-8,10-12H2. The molecule has 0 N–H and O–H groups in total. The van der Waals surface area contributed by atoms with Crippen molar-refractivity contribution in [1.29, 1.82) is 5.26 Å². The van der Waals surface area contributed by atoms with E-state index in [4.69, 9.17) is 14.5 Å². The monoisotopic (exact) mass is 352 g/mol. The zero-order valence-electron chi connectivity index (χ0n) is 14.4. The number of nitrogens with zero attached hydrogens (tertiary/aromatic N) is 4. The second-order valence-corrected chi connectivity index (χ2v) is 6.91. The summed E-state index contributed by atoms with van der Waals surface area (Å²) in [6, 6.07) is 8.71. The molecule has 26 heavy (non-hydrogen) atoms. The molecular formula is C19H20N4O3. The first-order valence-corrected chi connectivity index (χ1v) is 8.92. The fourth-order valence-electron chi connectivity index (χ4n) is 2.90. The summed E-state index contributed by atoms with van der Waals surface area (Å²) in [5.74, 6) is 2.05. The Hall–Kier alpha value is -2.72. The number of ether oxygens (including phenoxy) is 1. The quantitative estimate of drug-likeness (QED) is 0.709. The number of hydrogen-bond acceptors (Lipinski definition) is 6. The molecular weight excluding hydrogens is 332 g/mol. The van der Waals surface area contributed by atoms with E-state index >= 15 is 0 Å². The van der Waals surface area contributed by atoms with Crippen LogP contribution in [0.25, 0.3) is 0 Å². The van der Waals surface area contributed by atoms with Gasteiger partial charge in [0.2, 0.25) is 5.89 Å². The molecule has 0 unspecified atom stereocenters. The molecule has 2 heterocycles. The SMILES string of the molecule is N#Cc1ccc(C(=O)N2CC(c3nc(CCOCC4CC4)no3)C2)cc1. The molecule has 1 amide bonds. The van der Waals surface area contributed by atoms with E-state index in [1.807, 2.05) is 6.07 Å². The van der Waals surface area contributed by atoms with E-state index in [-0.39, 0.29) is 11.8 Å². The minimum absolute atomic E-state index is 0.0426. The number of hydrogen-bond donors (Lipinski definition) is 0. The summed E-state index contributed by atoms with van der Waals surface area (Å²) < 4.78 is 10.9. The van der Waals surface area contributed by atoms with Gasteiger partial charge in [-0.15, -0.1) is 0 Å². The zero-order chi connectivity index (χ0) is 17.9. The highest BCUT2D eigenvalue weighted by Crippen LogP contribution is 2.29. The summed E-state index contributed by atoms with van der Waals surface area (Å²) in [5, 5.41) is 12.8. The summed E-state index contributed by atoms with van der Waals surface area (Å²) in [5.41, 5.74) is 1.13. The van der Waals surface area contributed by atoms with Gasteiger partial charge in [0, 0.05) is 31.7 Å². The molecule has 7 nitrogen and oxygen atoms in total. The van der Waals surface area contributed by atoms with Crippen LogP contribution in [-0.2, 0) is 11.2 Å². The van der Waals surface area contributed by atoms with Gasteiger partial charge in [-0.3, -0.25) is 4.79 Å². The van der Waals surface area contributed by atoms with Gasteiger partial charge in [0.05, 0.1) is 24.2 Å². The van der Waals surface area contributed by atoms with Gasteiger partial charge >= 0.3 is 0 Å². The Morgan fingerprint density at radius 2 is 2.08 bits per heavy atom. The average molecular weight is 352 g/mol. The molecule has 2 aliphatic rings. The van der Waals surface area contributed by atoms with Crippen LogP contribution in [-0.4, -0.2) is 47.3 Å². The summed E-state index contributed by atoms with van der Waals surface area (Å²) in [7, 11) is 0. The molecule has 0 radical (unpaired) electrons. The van der Waals surface area contributed by atoms with Crippen LogP contribution in [0, 0.1) is 17.2 Å². The lowest BCUT2D eigenvalue weighted by molar-refractivity contribution is 0.0569. The Kier molecular flexibility index (Phi) is 4.67. The highest BCUT2D eigenvalue weighted by molar-refractivity contribution is 5.94. The predicted octanol–water partition coefficient (Wildman–Crippen LogP) is 2.15. The van der Waals surface area contributed by atoms with Crippen molar-refractivity contribution < 1.29 is 14.1 Å². The first kappa shape index (κ1) is 16.7. The van der Waals surface area contributed by atoms with E-state index in [1.165, 1.54) is 12.8 Å². The predicted molar refractivity (Wildman–Crippen MR) is 91.3 cm³/mol. The second-order valence-electron chi connectivity index (χ2n) is 6.91. The minimum atomic E-state index is -0.0426. The summed E-state index contributed by atoms with van der Waals surface area (Å²) >= 11 is 0. The van der Waals surface area contributed by atoms with Crippen LogP contribution >= 0.6 is 0 Å². The number of likely N-dealkylation sites (tertiary alicyclic amines) is 1. The Labute approximate surface area is 151 Å². The maximum Gasteiger partial charge on any atom is 0.253 e. The first-order valence-electron chi connectivity index (χ1n) is 8.92. The molecule has 2 aromatic rings. The molecule has 1 aromatic heterocycles. The number of nitriles is 1. The number of aromatic nitrogens is 2. The number of benzene rings is 1. The van der Waals surface area contributed by atoms with Crippen molar-refractivity contribution in [3.8, 4) is 6.07 Å². The molecule has 1 aliphatic heterocycles. The van der Waals surface area contributed by atoms with Crippen LogP contribution < -0.4 is 0 Å². The van der Waals surface area contributed by atoms with Crippen molar-refractivity contribution >= 4 is 5.91 Å². The van der Waals surface area contributed by atoms with Crippen molar-refractivity contribution in [3.63, 3.8) is 0 Å². The van der Waals surface area contributed by atoms with Crippen molar-refractivity contribution in [2.24, 2.45) is 5.92 Å². The van der Waals surface area contributed by atoms with E-state index in [0.29, 0.717) is 49.0 Å². The number of rotatable bonds is 7. The highest BCUT2D eigenvalue weighted by Gasteiger charge is 2.36. The minimum Gasteiger partial charge on any atom is -0.381 e. The van der Waals surface area contributed by atoms with Crippen LogP contribution in [0.2, 0.25) is 0 Å². The molecule has 1 saturated heterocycles. The van der Waals surface area contributed by atoms with Crippen LogP contribution in [0.1, 0.15) is 46.4 Å². The van der Waals surface area contributed by atoms with E-state index in [1.54, 1.807) is 29.2 Å². The largest absolute Gasteiger partial charge is 0.381 e. The van der Waals surface area contributed by atoms with E-state index in [2.05, 4.69) is 10.1 Å². The summed E-state index contributed by atoms with van der Waals surface area (Å²) in [4.78, 5) is 18.6. The maximum absolute atomic E-state index is 12.4. The Balaban J connectivity index is 1.24. The van der Waals surface area contributed by atoms with Crippen LogP contribution in [0.3, 0.4) is 0 Å². The maximum atomic E-state index is 12.4. The van der Waals surface area contributed by atoms with Crippen molar-refractivity contribution in [2.45, 2.75) is 25.2 Å². The second kappa shape index (κ2) is 7.26. The van der Waals surface area contributed by atoms with Crippen LogP contribution in [0.4, 0.5) is 0 Å². The lowest BCUT2D eigenvalue weighted by atomic mass is 9.98. The van der Waals surface area contributed by atoms with Crippen molar-refractivity contribution in [1.82, 2.24) is 15.0 Å². The molecule has 134 valence electrons. The zero-order valence-corrected chi connectivity index (χ0v) is 14.4. The third-order valence-corrected chi connectivity index (χ3v) is 4.78. The van der Waals surface area contributed by atoms with Crippen molar-refractivity contribution in [2.75, 3.05) is 26.3 Å². The number of carbonyl (C=O) groups is 1. The highest BCUT2D eigenvalue weighted by atomic mass is 16.5. The molecule has 0 spiro atoms. The first-order chi connectivity index (χ1) is 12.7. The topological polar surface area (TPSA) is 92.2 Å². The average Bonchev–Trinajstić information content (AvgIpc) is 3.35. The van der Waals surface area contributed by atoms with Gasteiger partial charge < -0.3 is 14.2 Å². The molecule has 1 aliphatic carbocycles. The van der Waals surface area contributed by atoms with Gasteiger partial charge in [-0.25, -0.2) is 0 Å². The summed E-state index contributed by atoms with van der Waals surface area (Å²) in [6.45, 7) is 2.58. The molecule has 4 rings (SSSR count). The molecule has 7 heteroatoms. The molecule has 1 saturated carbocycles. The van der Waals surface area contributed by atoms with Gasteiger partial charge in [-0.05, 0) is 43.0 Å². The lowest BCUT2D eigenvalue weighted by Gasteiger charge is -2.37. The molecule has 0 atom stereocenters. The molecule has 2 fully saturated rings. The third-order valence-electron chi connectivity index (χ3n) is 4.78. The van der Waals surface area contributed by atoms with Crippen LogP contribution in [0.5, 0.6) is 0 Å².